The van der Waals surface area contributed by atoms with Gasteiger partial charge in [0.25, 0.3) is 0 Å². The van der Waals surface area contributed by atoms with Gasteiger partial charge in [0.2, 0.25) is 0 Å². The molecule has 0 saturated carbocycles. The summed E-state index contributed by atoms with van der Waals surface area (Å²) < 4.78 is 40.5. The highest BCUT2D eigenvalue weighted by Crippen LogP contribution is 2.27. The first-order valence-corrected chi connectivity index (χ1v) is 11.6. The smallest absolute Gasteiger partial charge is 0.175 e. The normalized spacial score (nSPS) is 13.2. The first-order valence-electron chi connectivity index (χ1n) is 9.69. The van der Waals surface area contributed by atoms with Gasteiger partial charge < -0.3 is 4.74 Å². The van der Waals surface area contributed by atoms with Gasteiger partial charge in [-0.05, 0) is 66.1 Å². The SMILES string of the molecule is COC1=CCC=C(c2ccnc3cc(F)ccc23)C=C1.CS(=O)(=O)c1cccc(C#N)c1. The number of fused-ring (bicyclic) bond motifs is 1. The number of benzene rings is 2. The van der Waals surface area contributed by atoms with E-state index in [1.165, 1.54) is 24.3 Å². The van der Waals surface area contributed by atoms with E-state index < -0.39 is 9.84 Å². The molecule has 162 valence electrons. The number of nitriles is 1. The molecule has 32 heavy (non-hydrogen) atoms. The van der Waals surface area contributed by atoms with Crippen molar-refractivity contribution in [1.82, 2.24) is 4.98 Å². The van der Waals surface area contributed by atoms with Gasteiger partial charge in [0, 0.05) is 23.9 Å². The minimum atomic E-state index is -3.19. The number of sulfone groups is 1. The lowest BCUT2D eigenvalue weighted by Crippen LogP contribution is -1.96. The second-order valence-corrected chi connectivity index (χ2v) is 8.99. The third-order valence-corrected chi connectivity index (χ3v) is 5.84. The average molecular weight is 449 g/mol. The Hall–Kier alpha value is -3.76. The average Bonchev–Trinajstić information content (AvgIpc) is 3.04. The number of aromatic nitrogens is 1. The summed E-state index contributed by atoms with van der Waals surface area (Å²) in [5.74, 6) is 0.580. The minimum Gasteiger partial charge on any atom is -0.497 e. The van der Waals surface area contributed by atoms with E-state index in [1.807, 2.05) is 30.4 Å². The third kappa shape index (κ3) is 5.68. The predicted molar refractivity (Wildman–Crippen MR) is 123 cm³/mol. The molecule has 1 aliphatic carbocycles. The molecule has 1 aromatic heterocycles. The quantitative estimate of drug-likeness (QED) is 0.550. The molecule has 7 heteroatoms. The Labute approximate surface area is 186 Å². The van der Waals surface area contributed by atoms with Gasteiger partial charge in [-0.2, -0.15) is 5.26 Å². The molecule has 0 aliphatic heterocycles. The van der Waals surface area contributed by atoms with Crippen molar-refractivity contribution in [2.24, 2.45) is 0 Å². The fourth-order valence-corrected chi connectivity index (χ4v) is 3.80. The summed E-state index contributed by atoms with van der Waals surface area (Å²) in [6.07, 6.45) is 11.7. The van der Waals surface area contributed by atoms with E-state index in [0.717, 1.165) is 35.0 Å². The van der Waals surface area contributed by atoms with Crippen molar-refractivity contribution in [1.29, 1.82) is 5.26 Å². The van der Waals surface area contributed by atoms with Crippen molar-refractivity contribution in [3.8, 4) is 6.07 Å². The Bertz CT molecular complexity index is 1380. The summed E-state index contributed by atoms with van der Waals surface area (Å²) in [5, 5.41) is 9.43. The van der Waals surface area contributed by atoms with Gasteiger partial charge in [-0.3, -0.25) is 4.98 Å². The zero-order chi connectivity index (χ0) is 23.1. The van der Waals surface area contributed by atoms with Crippen LogP contribution in [-0.4, -0.2) is 26.8 Å². The van der Waals surface area contributed by atoms with Gasteiger partial charge in [-0.15, -0.1) is 0 Å². The Kier molecular flexibility index (Phi) is 7.18. The first kappa shape index (κ1) is 22.9. The largest absolute Gasteiger partial charge is 0.497 e. The lowest BCUT2D eigenvalue weighted by atomic mass is 10.0. The van der Waals surface area contributed by atoms with Crippen LogP contribution in [0.3, 0.4) is 0 Å². The van der Waals surface area contributed by atoms with Gasteiger partial charge in [0.15, 0.2) is 9.84 Å². The highest BCUT2D eigenvalue weighted by atomic mass is 32.2. The summed E-state index contributed by atoms with van der Waals surface area (Å²) >= 11 is 0. The Balaban J connectivity index is 0.000000207. The number of halogens is 1. The number of hydrogen-bond acceptors (Lipinski definition) is 5. The minimum absolute atomic E-state index is 0.182. The lowest BCUT2D eigenvalue weighted by Gasteiger charge is -2.07. The van der Waals surface area contributed by atoms with Crippen LogP contribution in [-0.2, 0) is 14.6 Å². The molecular formula is C25H21FN2O3S. The molecule has 0 spiro atoms. The molecule has 0 fully saturated rings. The summed E-state index contributed by atoms with van der Waals surface area (Å²) in [7, 11) is -1.53. The van der Waals surface area contributed by atoms with Crippen LogP contribution in [0.5, 0.6) is 0 Å². The van der Waals surface area contributed by atoms with Gasteiger partial charge in [0.05, 0.1) is 29.2 Å². The van der Waals surface area contributed by atoms with E-state index >= 15 is 0 Å². The van der Waals surface area contributed by atoms with Crippen molar-refractivity contribution in [2.75, 3.05) is 13.4 Å². The van der Waals surface area contributed by atoms with E-state index in [4.69, 9.17) is 10.00 Å². The number of allylic oxidation sites excluding steroid dienone is 5. The molecule has 1 heterocycles. The van der Waals surface area contributed by atoms with Crippen molar-refractivity contribution >= 4 is 26.3 Å². The summed E-state index contributed by atoms with van der Waals surface area (Å²) in [5.41, 5.74) is 3.17. The van der Waals surface area contributed by atoms with Crippen LogP contribution < -0.4 is 0 Å². The number of pyridine rings is 1. The molecule has 0 atom stereocenters. The molecule has 1 aliphatic rings. The second-order valence-electron chi connectivity index (χ2n) is 6.97. The highest BCUT2D eigenvalue weighted by Gasteiger charge is 2.08. The molecule has 4 rings (SSSR count). The van der Waals surface area contributed by atoms with Crippen LogP contribution in [0.15, 0.2) is 89.7 Å². The molecule has 0 bridgehead atoms. The van der Waals surface area contributed by atoms with Crippen molar-refractivity contribution in [3.63, 3.8) is 0 Å². The zero-order valence-electron chi connectivity index (χ0n) is 17.6. The summed E-state index contributed by atoms with van der Waals surface area (Å²) in [4.78, 5) is 4.41. The van der Waals surface area contributed by atoms with Crippen LogP contribution in [0.1, 0.15) is 17.5 Å². The maximum Gasteiger partial charge on any atom is 0.175 e. The summed E-state index contributed by atoms with van der Waals surface area (Å²) in [6, 6.07) is 14.5. The molecule has 0 unspecified atom stereocenters. The molecule has 0 saturated heterocycles. The molecule has 0 N–H and O–H groups in total. The molecule has 5 nitrogen and oxygen atoms in total. The lowest BCUT2D eigenvalue weighted by molar-refractivity contribution is 0.306. The number of methoxy groups -OCH3 is 1. The van der Waals surface area contributed by atoms with Crippen LogP contribution in [0.2, 0.25) is 0 Å². The zero-order valence-corrected chi connectivity index (χ0v) is 18.4. The molecule has 3 aromatic rings. The topological polar surface area (TPSA) is 80.0 Å². The fourth-order valence-electron chi connectivity index (χ4n) is 3.13. The molecule has 0 radical (unpaired) electrons. The second kappa shape index (κ2) is 10.0. The summed E-state index contributed by atoms with van der Waals surface area (Å²) in [6.45, 7) is 0. The number of nitrogens with zero attached hydrogens (tertiary/aromatic N) is 2. The van der Waals surface area contributed by atoms with Crippen LogP contribution in [0.4, 0.5) is 4.39 Å². The standard InChI is InChI=1S/C17H14FNO.C8H7NO2S/c1-20-14-4-2-3-12(5-7-14)15-9-10-19-17-11-13(18)6-8-16(15)17;1-12(10,11)8-4-2-3-7(5-8)6-9/h3-11H,2H2,1H3;2-5H,1H3. The first-order chi connectivity index (χ1) is 15.3. The number of hydrogen-bond donors (Lipinski definition) is 0. The Morgan fingerprint density at radius 3 is 2.62 bits per heavy atom. The van der Waals surface area contributed by atoms with E-state index in [2.05, 4.69) is 11.1 Å². The van der Waals surface area contributed by atoms with E-state index in [1.54, 1.807) is 31.5 Å². The Morgan fingerprint density at radius 1 is 1.09 bits per heavy atom. The monoisotopic (exact) mass is 448 g/mol. The fraction of sp³-hybridized carbons (Fsp3) is 0.120. The van der Waals surface area contributed by atoms with Gasteiger partial charge in [0.1, 0.15) is 11.6 Å². The van der Waals surface area contributed by atoms with Gasteiger partial charge >= 0.3 is 0 Å². The number of ether oxygens (including phenoxy) is 1. The van der Waals surface area contributed by atoms with E-state index in [9.17, 15) is 12.8 Å². The predicted octanol–water partition coefficient (Wildman–Crippen LogP) is 5.21. The van der Waals surface area contributed by atoms with Gasteiger partial charge in [-0.1, -0.05) is 18.2 Å². The molecular weight excluding hydrogens is 427 g/mol. The van der Waals surface area contributed by atoms with Crippen LogP contribution >= 0.6 is 0 Å². The van der Waals surface area contributed by atoms with E-state index in [-0.39, 0.29) is 10.7 Å². The van der Waals surface area contributed by atoms with Crippen molar-refractivity contribution < 1.29 is 17.5 Å². The highest BCUT2D eigenvalue weighted by molar-refractivity contribution is 7.90. The Morgan fingerprint density at radius 2 is 1.91 bits per heavy atom. The maximum atomic E-state index is 13.3. The van der Waals surface area contributed by atoms with Crippen LogP contribution in [0.25, 0.3) is 16.5 Å². The third-order valence-electron chi connectivity index (χ3n) is 4.73. The van der Waals surface area contributed by atoms with Gasteiger partial charge in [-0.25, -0.2) is 12.8 Å². The van der Waals surface area contributed by atoms with Crippen molar-refractivity contribution in [2.45, 2.75) is 11.3 Å². The number of rotatable bonds is 3. The maximum absolute atomic E-state index is 13.3. The molecule has 2 aromatic carbocycles. The van der Waals surface area contributed by atoms with Crippen LogP contribution in [0, 0.1) is 17.1 Å². The van der Waals surface area contributed by atoms with E-state index in [0.29, 0.717) is 11.1 Å². The van der Waals surface area contributed by atoms with Crippen molar-refractivity contribution in [3.05, 3.63) is 102 Å². The molecule has 0 amide bonds.